The van der Waals surface area contributed by atoms with E-state index >= 15 is 0 Å². The fourth-order valence-electron chi connectivity index (χ4n) is 2.30. The molecule has 1 fully saturated rings. The van der Waals surface area contributed by atoms with Crippen molar-refractivity contribution >= 4 is 28.5 Å². The van der Waals surface area contributed by atoms with Gasteiger partial charge in [-0.2, -0.15) is 0 Å². The second kappa shape index (κ2) is 3.65. The lowest BCUT2D eigenvalue weighted by atomic mass is 9.94. The Kier molecular flexibility index (Phi) is 2.32. The smallest absolute Gasteiger partial charge is 0.314 e. The van der Waals surface area contributed by atoms with E-state index < -0.39 is 11.4 Å². The van der Waals surface area contributed by atoms with Crippen LogP contribution < -0.4 is 4.74 Å². The molecule has 0 atom stereocenters. The van der Waals surface area contributed by atoms with Crippen LogP contribution in [0.25, 0.3) is 11.0 Å². The Morgan fingerprint density at radius 1 is 1.56 bits per heavy atom. The number of carboxylic acid groups (broad SMARTS) is 1. The van der Waals surface area contributed by atoms with E-state index in [9.17, 15) is 9.90 Å². The van der Waals surface area contributed by atoms with Crippen molar-refractivity contribution < 1.29 is 19.1 Å². The molecule has 1 heterocycles. The number of halogens is 1. The number of ether oxygens (including phenoxy) is 1. The predicted molar refractivity (Wildman–Crippen MR) is 66.3 cm³/mol. The average Bonchev–Trinajstić information content (AvgIpc) is 3.00. The molecule has 0 aliphatic heterocycles. The van der Waals surface area contributed by atoms with Crippen molar-refractivity contribution in [2.75, 3.05) is 7.11 Å². The van der Waals surface area contributed by atoms with Gasteiger partial charge in [0.1, 0.15) is 0 Å². The molecule has 1 N–H and O–H groups in total. The van der Waals surface area contributed by atoms with Crippen molar-refractivity contribution in [3.63, 3.8) is 0 Å². The first-order valence-corrected chi connectivity index (χ1v) is 5.95. The minimum atomic E-state index is -0.851. The van der Waals surface area contributed by atoms with Crippen LogP contribution in [0.1, 0.15) is 18.4 Å². The third-order valence-electron chi connectivity index (χ3n) is 3.53. The highest BCUT2D eigenvalue weighted by molar-refractivity contribution is 6.36. The summed E-state index contributed by atoms with van der Waals surface area (Å²) in [4.78, 5) is 11.4. The molecule has 0 amide bonds. The van der Waals surface area contributed by atoms with Gasteiger partial charge in [-0.25, -0.2) is 0 Å². The number of carboxylic acids is 1. The van der Waals surface area contributed by atoms with Gasteiger partial charge in [-0.15, -0.1) is 0 Å². The molecule has 0 radical (unpaired) electrons. The summed E-state index contributed by atoms with van der Waals surface area (Å²) in [6, 6.07) is 3.40. The van der Waals surface area contributed by atoms with Crippen LogP contribution in [0.2, 0.25) is 5.02 Å². The van der Waals surface area contributed by atoms with Crippen LogP contribution in [0.5, 0.6) is 5.75 Å². The Hall–Kier alpha value is -1.68. The highest BCUT2D eigenvalue weighted by atomic mass is 35.5. The van der Waals surface area contributed by atoms with Gasteiger partial charge in [0.15, 0.2) is 11.3 Å². The van der Waals surface area contributed by atoms with Gasteiger partial charge in [0.05, 0.1) is 23.8 Å². The second-order valence-corrected chi connectivity index (χ2v) is 4.87. The maximum Gasteiger partial charge on any atom is 0.314 e. The van der Waals surface area contributed by atoms with Crippen molar-refractivity contribution in [2.45, 2.75) is 18.3 Å². The predicted octanol–water partition coefficient (Wildman–Crippen LogP) is 3.21. The summed E-state index contributed by atoms with van der Waals surface area (Å²) in [5, 5.41) is 10.5. The zero-order valence-corrected chi connectivity index (χ0v) is 10.5. The van der Waals surface area contributed by atoms with Crippen LogP contribution in [0, 0.1) is 0 Å². The first-order chi connectivity index (χ1) is 8.60. The number of rotatable bonds is 3. The van der Waals surface area contributed by atoms with E-state index in [0.29, 0.717) is 40.1 Å². The highest BCUT2D eigenvalue weighted by Gasteiger charge is 2.53. The van der Waals surface area contributed by atoms with Gasteiger partial charge < -0.3 is 14.3 Å². The standard InChI is InChI=1S/C13H11ClO4/c1-17-9-6-8(13(3-4-13)12(15)16)10(14)7-2-5-18-11(7)9/h2,5-6H,3-4H2,1H3,(H,15,16). The molecule has 0 unspecified atom stereocenters. The maximum absolute atomic E-state index is 11.4. The first kappa shape index (κ1) is 11.4. The minimum Gasteiger partial charge on any atom is -0.493 e. The largest absolute Gasteiger partial charge is 0.493 e. The van der Waals surface area contributed by atoms with Crippen molar-refractivity contribution in [3.05, 3.63) is 29.0 Å². The van der Waals surface area contributed by atoms with Gasteiger partial charge in [-0.1, -0.05) is 11.6 Å². The highest BCUT2D eigenvalue weighted by Crippen LogP contribution is 2.53. The maximum atomic E-state index is 11.4. The summed E-state index contributed by atoms with van der Waals surface area (Å²) >= 11 is 6.30. The van der Waals surface area contributed by atoms with E-state index in [2.05, 4.69) is 0 Å². The Morgan fingerprint density at radius 2 is 2.28 bits per heavy atom. The van der Waals surface area contributed by atoms with Gasteiger partial charge in [-0.3, -0.25) is 4.79 Å². The van der Waals surface area contributed by atoms with E-state index in [0.717, 1.165) is 0 Å². The number of hydrogen-bond donors (Lipinski definition) is 1. The molecule has 1 aliphatic rings. The third-order valence-corrected chi connectivity index (χ3v) is 3.94. The number of aliphatic carboxylic acids is 1. The van der Waals surface area contributed by atoms with Crippen LogP contribution in [0.4, 0.5) is 0 Å². The summed E-state index contributed by atoms with van der Waals surface area (Å²) in [7, 11) is 1.52. The lowest BCUT2D eigenvalue weighted by Gasteiger charge is -2.14. The monoisotopic (exact) mass is 266 g/mol. The lowest BCUT2D eigenvalue weighted by molar-refractivity contribution is -0.140. The van der Waals surface area contributed by atoms with E-state index in [1.807, 2.05) is 0 Å². The van der Waals surface area contributed by atoms with Crippen LogP contribution in [-0.2, 0) is 10.2 Å². The van der Waals surface area contributed by atoms with E-state index in [4.69, 9.17) is 20.8 Å². The summed E-state index contributed by atoms with van der Waals surface area (Å²) in [6.07, 6.45) is 2.73. The minimum absolute atomic E-state index is 0.444. The Bertz CT molecular complexity index is 640. The molecule has 5 heteroatoms. The molecular weight excluding hydrogens is 256 g/mol. The van der Waals surface area contributed by atoms with Crippen molar-refractivity contribution in [3.8, 4) is 5.75 Å². The van der Waals surface area contributed by atoms with E-state index in [-0.39, 0.29) is 0 Å². The topological polar surface area (TPSA) is 59.7 Å². The van der Waals surface area contributed by atoms with Gasteiger partial charge in [0.2, 0.25) is 0 Å². The zero-order valence-electron chi connectivity index (χ0n) is 9.70. The summed E-state index contributed by atoms with van der Waals surface area (Å²) in [5.41, 5.74) is 0.311. The van der Waals surface area contributed by atoms with Gasteiger partial charge in [-0.05, 0) is 30.5 Å². The number of methoxy groups -OCH3 is 1. The summed E-state index contributed by atoms with van der Waals surface area (Å²) in [6.45, 7) is 0. The van der Waals surface area contributed by atoms with Gasteiger partial charge >= 0.3 is 5.97 Å². The Labute approximate surface area is 108 Å². The van der Waals surface area contributed by atoms with Crippen molar-refractivity contribution in [2.24, 2.45) is 0 Å². The number of benzene rings is 1. The molecule has 1 aromatic carbocycles. The van der Waals surface area contributed by atoms with Crippen molar-refractivity contribution in [1.82, 2.24) is 0 Å². The first-order valence-electron chi connectivity index (χ1n) is 5.58. The van der Waals surface area contributed by atoms with Crippen LogP contribution in [-0.4, -0.2) is 18.2 Å². The molecule has 3 rings (SSSR count). The van der Waals surface area contributed by atoms with Gasteiger partial charge in [0, 0.05) is 5.39 Å². The molecule has 1 aromatic heterocycles. The SMILES string of the molecule is COc1cc(C2(C(=O)O)CC2)c(Cl)c2ccoc12. The molecule has 0 bridgehead atoms. The normalized spacial score (nSPS) is 16.8. The van der Waals surface area contributed by atoms with Crippen LogP contribution >= 0.6 is 11.6 Å². The lowest BCUT2D eigenvalue weighted by Crippen LogP contribution is -2.20. The number of furan rings is 1. The quantitative estimate of drug-likeness (QED) is 0.927. The molecule has 94 valence electrons. The molecule has 1 aliphatic carbocycles. The second-order valence-electron chi connectivity index (χ2n) is 4.49. The van der Waals surface area contributed by atoms with Gasteiger partial charge in [0.25, 0.3) is 0 Å². The Morgan fingerprint density at radius 3 is 2.83 bits per heavy atom. The van der Waals surface area contributed by atoms with Crippen molar-refractivity contribution in [1.29, 1.82) is 0 Å². The molecule has 4 nitrogen and oxygen atoms in total. The molecule has 1 saturated carbocycles. The third kappa shape index (κ3) is 1.35. The Balaban J connectivity index is 2.30. The number of hydrogen-bond acceptors (Lipinski definition) is 3. The molecule has 0 spiro atoms. The zero-order chi connectivity index (χ0) is 12.9. The molecule has 2 aromatic rings. The van der Waals surface area contributed by atoms with Crippen LogP contribution in [0.15, 0.2) is 22.8 Å². The average molecular weight is 267 g/mol. The molecular formula is C13H11ClO4. The molecule has 0 saturated heterocycles. The fraction of sp³-hybridized carbons (Fsp3) is 0.308. The van der Waals surface area contributed by atoms with Crippen LogP contribution in [0.3, 0.4) is 0 Å². The summed E-state index contributed by atoms with van der Waals surface area (Å²) in [5.74, 6) is -0.323. The van der Waals surface area contributed by atoms with E-state index in [1.165, 1.54) is 13.4 Å². The van der Waals surface area contributed by atoms with E-state index in [1.54, 1.807) is 12.1 Å². The number of fused-ring (bicyclic) bond motifs is 1. The summed E-state index contributed by atoms with van der Waals surface area (Å²) < 4.78 is 10.6. The number of carbonyl (C=O) groups is 1. The fourth-order valence-corrected chi connectivity index (χ4v) is 2.69. The molecule has 18 heavy (non-hydrogen) atoms.